The van der Waals surface area contributed by atoms with Gasteiger partial charge in [0.15, 0.2) is 0 Å². The van der Waals surface area contributed by atoms with E-state index in [0.29, 0.717) is 13.1 Å². The molecule has 0 bridgehead atoms. The summed E-state index contributed by atoms with van der Waals surface area (Å²) >= 11 is 0. The Hall–Kier alpha value is -0.600. The number of rotatable bonds is 2. The zero-order chi connectivity index (χ0) is 8.77. The third-order valence-corrected chi connectivity index (χ3v) is 4.67. The molecule has 0 aromatic carbocycles. The van der Waals surface area contributed by atoms with Crippen molar-refractivity contribution in [2.75, 3.05) is 13.1 Å². The molecule has 2 rings (SSSR count). The molecule has 0 radical (unpaired) electrons. The van der Waals surface area contributed by atoms with Crippen molar-refractivity contribution in [2.24, 2.45) is 5.92 Å². The summed E-state index contributed by atoms with van der Waals surface area (Å²) < 4.78 is 24.3. The Kier molecular flexibility index (Phi) is 1.63. The summed E-state index contributed by atoms with van der Waals surface area (Å²) in [7, 11) is -2.99. The highest BCUT2D eigenvalue weighted by molar-refractivity contribution is 7.90. The first-order chi connectivity index (χ1) is 5.64. The fourth-order valence-corrected chi connectivity index (χ4v) is 3.23. The van der Waals surface area contributed by atoms with E-state index < -0.39 is 10.0 Å². The molecule has 12 heavy (non-hydrogen) atoms. The normalized spacial score (nSPS) is 26.2. The van der Waals surface area contributed by atoms with Gasteiger partial charge in [0.05, 0.1) is 17.2 Å². The Labute approximate surface area is 71.8 Å². The number of sulfonamides is 1. The Balaban J connectivity index is 2.00. The van der Waals surface area contributed by atoms with Crippen LogP contribution in [0, 0.1) is 17.2 Å². The van der Waals surface area contributed by atoms with Gasteiger partial charge in [0, 0.05) is 13.1 Å². The molecule has 2 aliphatic rings. The van der Waals surface area contributed by atoms with Gasteiger partial charge >= 0.3 is 0 Å². The summed E-state index contributed by atoms with van der Waals surface area (Å²) in [4.78, 5) is 0. The van der Waals surface area contributed by atoms with Gasteiger partial charge in [-0.15, -0.1) is 0 Å². The quantitative estimate of drug-likeness (QED) is 0.606. The van der Waals surface area contributed by atoms with E-state index in [-0.39, 0.29) is 11.2 Å². The van der Waals surface area contributed by atoms with Gasteiger partial charge in [-0.3, -0.25) is 0 Å². The highest BCUT2D eigenvalue weighted by atomic mass is 32.2. The molecule has 5 heteroatoms. The average molecular weight is 186 g/mol. The van der Waals surface area contributed by atoms with E-state index in [1.54, 1.807) is 0 Å². The van der Waals surface area contributed by atoms with Crippen molar-refractivity contribution in [1.82, 2.24) is 4.31 Å². The number of hydrogen-bond donors (Lipinski definition) is 0. The molecule has 0 aromatic heterocycles. The van der Waals surface area contributed by atoms with E-state index in [1.165, 1.54) is 4.31 Å². The molecule has 0 spiro atoms. The fourth-order valence-electron chi connectivity index (χ4n) is 1.30. The molecular weight excluding hydrogens is 176 g/mol. The highest BCUT2D eigenvalue weighted by Gasteiger charge is 2.45. The molecule has 0 aromatic rings. The van der Waals surface area contributed by atoms with Crippen LogP contribution in [-0.4, -0.2) is 31.1 Å². The summed E-state index contributed by atoms with van der Waals surface area (Å²) in [5.41, 5.74) is 0. The van der Waals surface area contributed by atoms with E-state index in [9.17, 15) is 8.42 Å². The summed E-state index contributed by atoms with van der Waals surface area (Å²) in [6.07, 6.45) is 1.60. The first kappa shape index (κ1) is 8.02. The predicted octanol–water partition coefficient (Wildman–Crippen LogP) is -0.0660. The van der Waals surface area contributed by atoms with Crippen molar-refractivity contribution >= 4 is 10.0 Å². The molecule has 0 amide bonds. The second-order valence-corrected chi connectivity index (χ2v) is 5.60. The first-order valence-corrected chi connectivity index (χ1v) is 5.53. The maximum atomic E-state index is 11.5. The topological polar surface area (TPSA) is 61.2 Å². The van der Waals surface area contributed by atoms with Crippen molar-refractivity contribution in [3.8, 4) is 6.07 Å². The second kappa shape index (κ2) is 2.44. The lowest BCUT2D eigenvalue weighted by molar-refractivity contribution is 0.248. The minimum Gasteiger partial charge on any atom is -0.212 e. The molecule has 0 N–H and O–H groups in total. The Bertz CT molecular complexity index is 320. The summed E-state index contributed by atoms with van der Waals surface area (Å²) in [5, 5.41) is 8.32. The van der Waals surface area contributed by atoms with Crippen LogP contribution in [0.4, 0.5) is 0 Å². The van der Waals surface area contributed by atoms with Crippen LogP contribution in [0.3, 0.4) is 0 Å². The molecule has 4 nitrogen and oxygen atoms in total. The monoisotopic (exact) mass is 186 g/mol. The summed E-state index contributed by atoms with van der Waals surface area (Å²) in [6.45, 7) is 0.824. The Morgan fingerprint density at radius 2 is 1.92 bits per heavy atom. The largest absolute Gasteiger partial charge is 0.217 e. The average Bonchev–Trinajstić information content (AvgIpc) is 2.63. The lowest BCUT2D eigenvalue weighted by Crippen LogP contribution is -2.50. The third kappa shape index (κ3) is 1.11. The number of hydrogen-bond acceptors (Lipinski definition) is 3. The van der Waals surface area contributed by atoms with Gasteiger partial charge in [-0.1, -0.05) is 0 Å². The Morgan fingerprint density at radius 3 is 2.33 bits per heavy atom. The first-order valence-electron chi connectivity index (χ1n) is 4.03. The van der Waals surface area contributed by atoms with E-state index >= 15 is 0 Å². The highest BCUT2D eigenvalue weighted by Crippen LogP contribution is 2.34. The van der Waals surface area contributed by atoms with Gasteiger partial charge in [0.2, 0.25) is 10.0 Å². The van der Waals surface area contributed by atoms with Gasteiger partial charge < -0.3 is 0 Å². The van der Waals surface area contributed by atoms with Crippen LogP contribution < -0.4 is 0 Å². The van der Waals surface area contributed by atoms with Gasteiger partial charge in [-0.2, -0.15) is 9.57 Å². The van der Waals surface area contributed by atoms with Gasteiger partial charge in [-0.05, 0) is 12.8 Å². The van der Waals surface area contributed by atoms with Crippen LogP contribution in [0.5, 0.6) is 0 Å². The molecule has 1 aliphatic carbocycles. The lowest BCUT2D eigenvalue weighted by Gasteiger charge is -2.33. The van der Waals surface area contributed by atoms with Crippen LogP contribution in [0.25, 0.3) is 0 Å². The van der Waals surface area contributed by atoms with Crippen LogP contribution >= 0.6 is 0 Å². The smallest absolute Gasteiger partial charge is 0.212 e. The SMILES string of the molecule is N#CC1CN(S(=O)(=O)C2CC2)C1. The standard InChI is InChI=1S/C7H10N2O2S/c8-3-6-4-9(5-6)12(10,11)7-1-2-7/h6-7H,1-2,4-5H2. The van der Waals surface area contributed by atoms with Crippen molar-refractivity contribution in [3.63, 3.8) is 0 Å². The minimum absolute atomic E-state index is 0.0708. The van der Waals surface area contributed by atoms with Crippen LogP contribution in [-0.2, 0) is 10.0 Å². The zero-order valence-corrected chi connectivity index (χ0v) is 7.42. The molecule has 1 heterocycles. The maximum absolute atomic E-state index is 11.5. The predicted molar refractivity (Wildman–Crippen MR) is 42.6 cm³/mol. The molecular formula is C7H10N2O2S. The maximum Gasteiger partial charge on any atom is 0.217 e. The molecule has 1 saturated heterocycles. The molecule has 0 unspecified atom stereocenters. The van der Waals surface area contributed by atoms with Crippen molar-refractivity contribution in [3.05, 3.63) is 0 Å². The van der Waals surface area contributed by atoms with Crippen LogP contribution in [0.2, 0.25) is 0 Å². The van der Waals surface area contributed by atoms with Crippen molar-refractivity contribution in [1.29, 1.82) is 5.26 Å². The number of nitriles is 1. The third-order valence-electron chi connectivity index (χ3n) is 2.34. The van der Waals surface area contributed by atoms with E-state index in [0.717, 1.165) is 12.8 Å². The lowest BCUT2D eigenvalue weighted by atomic mass is 10.1. The molecule has 66 valence electrons. The van der Waals surface area contributed by atoms with E-state index in [2.05, 4.69) is 6.07 Å². The van der Waals surface area contributed by atoms with Gasteiger partial charge in [0.25, 0.3) is 0 Å². The van der Waals surface area contributed by atoms with E-state index in [4.69, 9.17) is 5.26 Å². The fraction of sp³-hybridized carbons (Fsp3) is 0.857. The number of nitrogens with zero attached hydrogens (tertiary/aromatic N) is 2. The summed E-state index contributed by atoms with van der Waals surface area (Å²) in [6, 6.07) is 2.06. The molecule has 1 saturated carbocycles. The van der Waals surface area contributed by atoms with Crippen LogP contribution in [0.1, 0.15) is 12.8 Å². The van der Waals surface area contributed by atoms with Crippen molar-refractivity contribution < 1.29 is 8.42 Å². The summed E-state index contributed by atoms with van der Waals surface area (Å²) in [5.74, 6) is -0.0708. The van der Waals surface area contributed by atoms with Gasteiger partial charge in [-0.25, -0.2) is 8.42 Å². The van der Waals surface area contributed by atoms with Gasteiger partial charge in [0.1, 0.15) is 0 Å². The van der Waals surface area contributed by atoms with Crippen LogP contribution in [0.15, 0.2) is 0 Å². The molecule has 2 fully saturated rings. The van der Waals surface area contributed by atoms with E-state index in [1.807, 2.05) is 0 Å². The second-order valence-electron chi connectivity index (χ2n) is 3.39. The minimum atomic E-state index is -2.99. The molecule has 1 aliphatic heterocycles. The zero-order valence-electron chi connectivity index (χ0n) is 6.60. The molecule has 0 atom stereocenters. The Morgan fingerprint density at radius 1 is 1.33 bits per heavy atom. The van der Waals surface area contributed by atoms with Crippen molar-refractivity contribution in [2.45, 2.75) is 18.1 Å².